The topological polar surface area (TPSA) is 29.1 Å². The molecule has 1 heterocycles. The highest BCUT2D eigenvalue weighted by atomic mass is 79.9. The van der Waals surface area contributed by atoms with E-state index in [9.17, 15) is 4.79 Å². The van der Waals surface area contributed by atoms with E-state index in [1.165, 1.54) is 0 Å². The fourth-order valence-electron chi connectivity index (χ4n) is 2.34. The first-order valence-electron chi connectivity index (χ1n) is 5.94. The van der Waals surface area contributed by atoms with E-state index in [2.05, 4.69) is 21.2 Å². The van der Waals surface area contributed by atoms with Crippen LogP contribution in [0.2, 0.25) is 0 Å². The number of benzene rings is 2. The van der Waals surface area contributed by atoms with E-state index in [0.717, 1.165) is 10.0 Å². The maximum Gasteiger partial charge on any atom is 0.267 e. The second-order valence-corrected chi connectivity index (χ2v) is 5.52. The van der Waals surface area contributed by atoms with Gasteiger partial charge in [-0.05, 0) is 23.8 Å². The predicted molar refractivity (Wildman–Crippen MR) is 75.7 cm³/mol. The van der Waals surface area contributed by atoms with Crippen LogP contribution in [0.5, 0.6) is 0 Å². The van der Waals surface area contributed by atoms with Crippen LogP contribution in [0.3, 0.4) is 0 Å². The number of carbonyl (C=O) groups is 1. The van der Waals surface area contributed by atoms with Crippen molar-refractivity contribution in [2.75, 3.05) is 5.32 Å². The van der Waals surface area contributed by atoms with Crippen molar-refractivity contribution in [3.8, 4) is 0 Å². The van der Waals surface area contributed by atoms with Gasteiger partial charge in [0.05, 0.1) is 0 Å². The molecular weight excluding hydrogens is 309 g/mol. The van der Waals surface area contributed by atoms with Crippen LogP contribution in [-0.4, -0.2) is 5.91 Å². The average Bonchev–Trinajstić information content (AvgIpc) is 2.65. The first-order chi connectivity index (χ1) is 9.09. The molecule has 1 N–H and O–H groups in total. The molecule has 2 aromatic rings. The average molecular weight is 320 g/mol. The van der Waals surface area contributed by atoms with Crippen LogP contribution in [0.4, 0.5) is 10.1 Å². The number of hydrogen-bond acceptors (Lipinski definition) is 1. The summed E-state index contributed by atoms with van der Waals surface area (Å²) in [6, 6.07) is 14.2. The molecule has 2 nitrogen and oxygen atoms in total. The van der Waals surface area contributed by atoms with Crippen LogP contribution in [-0.2, 0) is 16.9 Å². The van der Waals surface area contributed by atoms with E-state index in [-0.39, 0.29) is 6.42 Å². The molecule has 19 heavy (non-hydrogen) atoms. The smallest absolute Gasteiger partial charge is 0.267 e. The number of halogens is 2. The molecule has 3 rings (SSSR count). The van der Waals surface area contributed by atoms with E-state index >= 15 is 4.39 Å². The summed E-state index contributed by atoms with van der Waals surface area (Å²) >= 11 is 3.34. The second-order valence-electron chi connectivity index (χ2n) is 4.60. The Balaban J connectivity index is 1.99. The lowest BCUT2D eigenvalue weighted by Crippen LogP contribution is -2.31. The van der Waals surface area contributed by atoms with E-state index in [0.29, 0.717) is 11.3 Å². The van der Waals surface area contributed by atoms with Gasteiger partial charge in [0, 0.05) is 22.1 Å². The van der Waals surface area contributed by atoms with Gasteiger partial charge in [-0.15, -0.1) is 0 Å². The van der Waals surface area contributed by atoms with E-state index in [1.54, 1.807) is 24.3 Å². The standard InChI is InChI=1S/C15H11BrFNO/c16-11-7-5-10(6-8-11)9-15(17)12-3-1-2-4-13(12)18-14(15)19/h1-8H,9H2,(H,18,19)/t15-/m1/s1. The highest BCUT2D eigenvalue weighted by Gasteiger charge is 2.47. The molecule has 0 bridgehead atoms. The summed E-state index contributed by atoms with van der Waals surface area (Å²) in [6.45, 7) is 0. The van der Waals surface area contributed by atoms with Crippen molar-refractivity contribution in [1.29, 1.82) is 0 Å². The van der Waals surface area contributed by atoms with Crippen molar-refractivity contribution in [1.82, 2.24) is 0 Å². The highest BCUT2D eigenvalue weighted by Crippen LogP contribution is 2.41. The Hall–Kier alpha value is -1.68. The summed E-state index contributed by atoms with van der Waals surface area (Å²) in [6.07, 6.45) is 0.0448. The van der Waals surface area contributed by atoms with Gasteiger partial charge in [-0.1, -0.05) is 46.3 Å². The zero-order valence-corrected chi connectivity index (χ0v) is 11.6. The largest absolute Gasteiger partial charge is 0.323 e. The van der Waals surface area contributed by atoms with Crippen molar-refractivity contribution in [3.63, 3.8) is 0 Å². The molecule has 0 aliphatic carbocycles. The molecule has 1 aliphatic heterocycles. The van der Waals surface area contributed by atoms with Gasteiger partial charge in [-0.2, -0.15) is 0 Å². The van der Waals surface area contributed by atoms with E-state index in [4.69, 9.17) is 0 Å². The van der Waals surface area contributed by atoms with Crippen molar-refractivity contribution in [2.45, 2.75) is 12.1 Å². The third-order valence-corrected chi connectivity index (χ3v) is 3.85. The number of alkyl halides is 1. The lowest BCUT2D eigenvalue weighted by Gasteiger charge is -2.17. The second kappa shape index (κ2) is 4.46. The van der Waals surface area contributed by atoms with Gasteiger partial charge in [0.1, 0.15) is 0 Å². The molecule has 0 spiro atoms. The van der Waals surface area contributed by atoms with Crippen molar-refractivity contribution in [3.05, 3.63) is 64.1 Å². The van der Waals surface area contributed by atoms with Crippen LogP contribution in [0.1, 0.15) is 11.1 Å². The first kappa shape index (κ1) is 12.4. The molecule has 0 aromatic heterocycles. The first-order valence-corrected chi connectivity index (χ1v) is 6.73. The van der Waals surface area contributed by atoms with Crippen molar-refractivity contribution >= 4 is 27.5 Å². The van der Waals surface area contributed by atoms with Crippen LogP contribution >= 0.6 is 15.9 Å². The van der Waals surface area contributed by atoms with Crippen molar-refractivity contribution < 1.29 is 9.18 Å². The van der Waals surface area contributed by atoms with Gasteiger partial charge in [0.25, 0.3) is 5.91 Å². The van der Waals surface area contributed by atoms with Gasteiger partial charge in [-0.3, -0.25) is 4.79 Å². The lowest BCUT2D eigenvalue weighted by molar-refractivity contribution is -0.126. The third kappa shape index (κ3) is 2.06. The molecule has 1 atom stereocenters. The Bertz CT molecular complexity index is 641. The normalized spacial score (nSPS) is 21.1. The minimum absolute atomic E-state index is 0.0448. The van der Waals surface area contributed by atoms with Gasteiger partial charge in [0.2, 0.25) is 5.67 Å². The number of fused-ring (bicyclic) bond motifs is 1. The number of nitrogens with one attached hydrogen (secondary N) is 1. The Labute approximate surface area is 118 Å². The summed E-state index contributed by atoms with van der Waals surface area (Å²) in [5.41, 5.74) is -0.211. The molecule has 0 fully saturated rings. The minimum Gasteiger partial charge on any atom is -0.323 e. The number of rotatable bonds is 2. The summed E-state index contributed by atoms with van der Waals surface area (Å²) in [5, 5.41) is 2.60. The molecule has 0 saturated heterocycles. The fraction of sp³-hybridized carbons (Fsp3) is 0.133. The monoisotopic (exact) mass is 319 g/mol. The summed E-state index contributed by atoms with van der Waals surface area (Å²) < 4.78 is 16.0. The van der Waals surface area contributed by atoms with Gasteiger partial charge < -0.3 is 5.32 Å². The Morgan fingerprint density at radius 2 is 1.79 bits per heavy atom. The third-order valence-electron chi connectivity index (χ3n) is 3.32. The predicted octanol–water partition coefficient (Wildman–Crippen LogP) is 3.81. The molecule has 0 radical (unpaired) electrons. The van der Waals surface area contributed by atoms with Gasteiger partial charge >= 0.3 is 0 Å². The van der Waals surface area contributed by atoms with E-state index in [1.807, 2.05) is 24.3 Å². The summed E-state index contributed by atoms with van der Waals surface area (Å²) in [7, 11) is 0. The molecular formula is C15H11BrFNO. The number of carbonyl (C=O) groups excluding carboxylic acids is 1. The highest BCUT2D eigenvalue weighted by molar-refractivity contribution is 9.10. The van der Waals surface area contributed by atoms with Crippen LogP contribution in [0.25, 0.3) is 0 Å². The zero-order chi connectivity index (χ0) is 13.5. The quantitative estimate of drug-likeness (QED) is 0.896. The Morgan fingerprint density at radius 1 is 1.11 bits per heavy atom. The number of anilines is 1. The maximum absolute atomic E-state index is 15.1. The zero-order valence-electron chi connectivity index (χ0n) is 9.99. The number of amides is 1. The summed E-state index contributed by atoms with van der Waals surface area (Å²) in [5.74, 6) is -0.586. The van der Waals surface area contributed by atoms with E-state index < -0.39 is 11.6 Å². The minimum atomic E-state index is -1.98. The van der Waals surface area contributed by atoms with Crippen molar-refractivity contribution in [2.24, 2.45) is 0 Å². The van der Waals surface area contributed by atoms with Crippen LogP contribution in [0, 0.1) is 0 Å². The lowest BCUT2D eigenvalue weighted by atomic mass is 9.90. The van der Waals surface area contributed by atoms with Crippen LogP contribution < -0.4 is 5.32 Å². The molecule has 0 unspecified atom stereocenters. The summed E-state index contributed by atoms with van der Waals surface area (Å²) in [4.78, 5) is 11.9. The maximum atomic E-state index is 15.1. The molecule has 1 aliphatic rings. The molecule has 1 amide bonds. The molecule has 4 heteroatoms. The fourth-order valence-corrected chi connectivity index (χ4v) is 2.60. The van der Waals surface area contributed by atoms with Gasteiger partial charge in [-0.25, -0.2) is 4.39 Å². The Kier molecular flexibility index (Phi) is 2.90. The molecule has 2 aromatic carbocycles. The molecule has 0 saturated carbocycles. The van der Waals surface area contributed by atoms with Crippen LogP contribution in [0.15, 0.2) is 53.0 Å². The molecule has 96 valence electrons. The number of para-hydroxylation sites is 1. The number of hydrogen-bond donors (Lipinski definition) is 1. The SMILES string of the molecule is O=C1Nc2ccccc2[C@]1(F)Cc1ccc(Br)cc1. The Morgan fingerprint density at radius 3 is 2.53 bits per heavy atom. The van der Waals surface area contributed by atoms with Gasteiger partial charge in [0.15, 0.2) is 0 Å².